The van der Waals surface area contributed by atoms with Crippen LogP contribution in [0.25, 0.3) is 0 Å². The number of amides is 2. The molecule has 0 aliphatic rings. The molecule has 0 aliphatic carbocycles. The Kier molecular flexibility index (Phi) is 7.30. The zero-order valence-corrected chi connectivity index (χ0v) is 12.6. The van der Waals surface area contributed by atoms with Crippen molar-refractivity contribution in [3.63, 3.8) is 0 Å². The van der Waals surface area contributed by atoms with Gasteiger partial charge in [-0.25, -0.2) is 4.79 Å². The highest BCUT2D eigenvalue weighted by molar-refractivity contribution is 5.90. The molecule has 0 aliphatic heterocycles. The highest BCUT2D eigenvalue weighted by Crippen LogP contribution is 1.99. The molecular formula is C14H18N4O6. The smallest absolute Gasteiger partial charge is 0.326 e. The van der Waals surface area contributed by atoms with Gasteiger partial charge in [0.15, 0.2) is 0 Å². The monoisotopic (exact) mass is 338 g/mol. The highest BCUT2D eigenvalue weighted by Gasteiger charge is 2.23. The summed E-state index contributed by atoms with van der Waals surface area (Å²) < 4.78 is 0. The Balaban J connectivity index is 2.43. The van der Waals surface area contributed by atoms with Gasteiger partial charge in [-0.2, -0.15) is 0 Å². The molecule has 130 valence electrons. The minimum Gasteiger partial charge on any atom is -0.481 e. The number of hydrogen-bond acceptors (Lipinski definition) is 6. The Morgan fingerprint density at radius 2 is 1.96 bits per heavy atom. The molecule has 0 bridgehead atoms. The molecule has 1 rings (SSSR count). The Morgan fingerprint density at radius 3 is 2.50 bits per heavy atom. The van der Waals surface area contributed by atoms with Crippen molar-refractivity contribution >= 4 is 23.8 Å². The molecule has 2 atom stereocenters. The average Bonchev–Trinajstić information content (AvgIpc) is 2.52. The van der Waals surface area contributed by atoms with Crippen LogP contribution in [-0.4, -0.2) is 57.6 Å². The number of carbonyl (C=O) groups is 4. The molecule has 2 amide bonds. The number of hydrogen-bond donors (Lipinski definition) is 5. The summed E-state index contributed by atoms with van der Waals surface area (Å²) in [4.78, 5) is 48.6. The normalized spacial score (nSPS) is 12.7. The number of carbonyl (C=O) groups excluding carboxylic acids is 2. The lowest BCUT2D eigenvalue weighted by Gasteiger charge is -2.14. The van der Waals surface area contributed by atoms with Crippen molar-refractivity contribution in [1.29, 1.82) is 0 Å². The molecule has 1 aromatic rings. The Hall–Kier alpha value is -3.01. The average molecular weight is 338 g/mol. The van der Waals surface area contributed by atoms with Crippen molar-refractivity contribution in [3.05, 3.63) is 30.1 Å². The van der Waals surface area contributed by atoms with Gasteiger partial charge in [-0.15, -0.1) is 0 Å². The SMILES string of the molecule is N[C@@H](Cc1cccnc1)C(=O)NCC(=O)N[C@@H](CC(=O)O)C(=O)O. The lowest BCUT2D eigenvalue weighted by molar-refractivity contribution is -0.147. The third-order valence-corrected chi connectivity index (χ3v) is 2.95. The summed E-state index contributed by atoms with van der Waals surface area (Å²) >= 11 is 0. The predicted octanol–water partition coefficient (Wildman–Crippen LogP) is -1.89. The van der Waals surface area contributed by atoms with E-state index in [4.69, 9.17) is 15.9 Å². The number of aliphatic carboxylic acids is 2. The second-order valence-corrected chi connectivity index (χ2v) is 4.95. The summed E-state index contributed by atoms with van der Waals surface area (Å²) in [6.07, 6.45) is 2.59. The first-order chi connectivity index (χ1) is 11.3. The summed E-state index contributed by atoms with van der Waals surface area (Å²) in [7, 11) is 0. The van der Waals surface area contributed by atoms with Crippen molar-refractivity contribution in [2.24, 2.45) is 5.73 Å². The Labute approximate surface area is 137 Å². The Morgan fingerprint density at radius 1 is 1.25 bits per heavy atom. The van der Waals surface area contributed by atoms with E-state index in [2.05, 4.69) is 10.3 Å². The highest BCUT2D eigenvalue weighted by atomic mass is 16.4. The van der Waals surface area contributed by atoms with Gasteiger partial charge < -0.3 is 26.6 Å². The third-order valence-electron chi connectivity index (χ3n) is 2.95. The first-order valence-electron chi connectivity index (χ1n) is 6.95. The molecule has 0 saturated heterocycles. The molecule has 10 nitrogen and oxygen atoms in total. The van der Waals surface area contributed by atoms with Crippen LogP contribution in [0.5, 0.6) is 0 Å². The molecule has 0 spiro atoms. The van der Waals surface area contributed by atoms with Crippen molar-refractivity contribution in [3.8, 4) is 0 Å². The van der Waals surface area contributed by atoms with Crippen LogP contribution < -0.4 is 16.4 Å². The van der Waals surface area contributed by atoms with E-state index >= 15 is 0 Å². The number of aromatic nitrogens is 1. The van der Waals surface area contributed by atoms with Crippen LogP contribution in [-0.2, 0) is 25.6 Å². The molecule has 24 heavy (non-hydrogen) atoms. The van der Waals surface area contributed by atoms with Gasteiger partial charge in [0.25, 0.3) is 0 Å². The fourth-order valence-corrected chi connectivity index (χ4v) is 1.78. The second kappa shape index (κ2) is 9.20. The van der Waals surface area contributed by atoms with Crippen LogP contribution in [0.2, 0.25) is 0 Å². The van der Waals surface area contributed by atoms with Gasteiger partial charge in [-0.3, -0.25) is 19.4 Å². The largest absolute Gasteiger partial charge is 0.481 e. The number of carboxylic acid groups (broad SMARTS) is 2. The first-order valence-corrected chi connectivity index (χ1v) is 6.95. The van der Waals surface area contributed by atoms with E-state index in [-0.39, 0.29) is 6.42 Å². The summed E-state index contributed by atoms with van der Waals surface area (Å²) in [5.41, 5.74) is 6.45. The first kappa shape index (κ1) is 19.0. The van der Waals surface area contributed by atoms with Crippen molar-refractivity contribution in [1.82, 2.24) is 15.6 Å². The van der Waals surface area contributed by atoms with Gasteiger partial charge in [-0.1, -0.05) is 6.07 Å². The maximum absolute atomic E-state index is 11.8. The summed E-state index contributed by atoms with van der Waals surface area (Å²) in [5, 5.41) is 21.7. The number of carboxylic acids is 2. The van der Waals surface area contributed by atoms with Gasteiger partial charge in [-0.05, 0) is 18.1 Å². The van der Waals surface area contributed by atoms with Crippen molar-refractivity contribution in [2.45, 2.75) is 24.9 Å². The molecular weight excluding hydrogens is 320 g/mol. The maximum atomic E-state index is 11.8. The minimum atomic E-state index is -1.57. The molecule has 0 fully saturated rings. The molecule has 0 aromatic carbocycles. The van der Waals surface area contributed by atoms with E-state index in [1.165, 1.54) is 0 Å². The number of nitrogens with two attached hydrogens (primary N) is 1. The van der Waals surface area contributed by atoms with Crippen molar-refractivity contribution < 1.29 is 29.4 Å². The van der Waals surface area contributed by atoms with Crippen LogP contribution in [0, 0.1) is 0 Å². The summed E-state index contributed by atoms with van der Waals surface area (Å²) in [6.45, 7) is -0.511. The molecule has 0 saturated carbocycles. The molecule has 6 N–H and O–H groups in total. The zero-order valence-electron chi connectivity index (χ0n) is 12.6. The predicted molar refractivity (Wildman–Crippen MR) is 80.7 cm³/mol. The van der Waals surface area contributed by atoms with Crippen LogP contribution in [0.1, 0.15) is 12.0 Å². The molecule has 0 unspecified atom stereocenters. The van der Waals surface area contributed by atoms with E-state index in [0.717, 1.165) is 5.56 Å². The quantitative estimate of drug-likeness (QED) is 0.348. The van der Waals surface area contributed by atoms with E-state index in [9.17, 15) is 19.2 Å². The lowest BCUT2D eigenvalue weighted by atomic mass is 10.1. The number of nitrogens with zero attached hydrogens (tertiary/aromatic N) is 1. The van der Waals surface area contributed by atoms with Gasteiger partial charge in [0, 0.05) is 12.4 Å². The third kappa shape index (κ3) is 6.83. The van der Waals surface area contributed by atoms with Crippen LogP contribution in [0.3, 0.4) is 0 Å². The van der Waals surface area contributed by atoms with Gasteiger partial charge >= 0.3 is 11.9 Å². The molecule has 1 aromatic heterocycles. The lowest BCUT2D eigenvalue weighted by Crippen LogP contribution is -2.49. The zero-order chi connectivity index (χ0) is 18.1. The van der Waals surface area contributed by atoms with Gasteiger partial charge in [0.2, 0.25) is 11.8 Å². The van der Waals surface area contributed by atoms with Gasteiger partial charge in [0.1, 0.15) is 6.04 Å². The maximum Gasteiger partial charge on any atom is 0.326 e. The molecule has 0 radical (unpaired) electrons. The summed E-state index contributed by atoms with van der Waals surface area (Å²) in [6, 6.07) is 0.963. The van der Waals surface area contributed by atoms with E-state index in [1.807, 2.05) is 5.32 Å². The molecule has 1 heterocycles. The number of nitrogens with one attached hydrogen (secondary N) is 2. The fourth-order valence-electron chi connectivity index (χ4n) is 1.78. The van der Waals surface area contributed by atoms with Crippen LogP contribution >= 0.6 is 0 Å². The minimum absolute atomic E-state index is 0.220. The number of pyridine rings is 1. The number of rotatable bonds is 9. The Bertz CT molecular complexity index is 607. The van der Waals surface area contributed by atoms with E-state index < -0.39 is 48.8 Å². The van der Waals surface area contributed by atoms with Gasteiger partial charge in [0.05, 0.1) is 19.0 Å². The summed E-state index contributed by atoms with van der Waals surface area (Å²) in [5.74, 6) is -4.28. The van der Waals surface area contributed by atoms with E-state index in [1.54, 1.807) is 24.5 Å². The topological polar surface area (TPSA) is 172 Å². The van der Waals surface area contributed by atoms with Crippen molar-refractivity contribution in [2.75, 3.05) is 6.54 Å². The van der Waals surface area contributed by atoms with E-state index in [0.29, 0.717) is 0 Å². The fraction of sp³-hybridized carbons (Fsp3) is 0.357. The van der Waals surface area contributed by atoms with Crippen LogP contribution in [0.4, 0.5) is 0 Å². The van der Waals surface area contributed by atoms with Crippen LogP contribution in [0.15, 0.2) is 24.5 Å². The standard InChI is InChI=1S/C14H18N4O6/c15-9(4-8-2-1-3-16-6-8)13(22)17-7-11(19)18-10(14(23)24)5-12(20)21/h1-3,6,9-10H,4-5,7,15H2,(H,17,22)(H,18,19)(H,20,21)(H,23,24)/t9-,10-/m0/s1. The second-order valence-electron chi connectivity index (χ2n) is 4.95. The molecule has 10 heteroatoms.